The second-order valence-corrected chi connectivity index (χ2v) is 9.36. The summed E-state index contributed by atoms with van der Waals surface area (Å²) in [6, 6.07) is 10.8. The maximum Gasteiger partial charge on any atom is 0.328 e. The molecular formula is C22H24ClN3O2S. The molecule has 7 heteroatoms. The van der Waals surface area contributed by atoms with Crippen molar-refractivity contribution >= 4 is 46.0 Å². The number of hydrogen-bond acceptors (Lipinski definition) is 3. The Labute approximate surface area is 179 Å². The SMILES string of the molecule is Cn1c(=O)n(C)c2cc(SC3CCCCC3)c(NC(=O)c3cccc(Cl)c3)cc21. The van der Waals surface area contributed by atoms with Crippen LogP contribution in [0.3, 0.4) is 0 Å². The number of fused-ring (bicyclic) bond motifs is 1. The summed E-state index contributed by atoms with van der Waals surface area (Å²) in [6.45, 7) is 0. The van der Waals surface area contributed by atoms with Crippen molar-refractivity contribution in [3.63, 3.8) is 0 Å². The van der Waals surface area contributed by atoms with Gasteiger partial charge in [0.2, 0.25) is 0 Å². The van der Waals surface area contributed by atoms with E-state index in [2.05, 4.69) is 5.32 Å². The number of thioether (sulfide) groups is 1. The summed E-state index contributed by atoms with van der Waals surface area (Å²) < 4.78 is 3.27. The van der Waals surface area contributed by atoms with Crippen LogP contribution in [0.4, 0.5) is 5.69 Å². The Kier molecular flexibility index (Phi) is 5.74. The smallest absolute Gasteiger partial charge is 0.321 e. The first kappa shape index (κ1) is 20.1. The third-order valence-corrected chi connectivity index (χ3v) is 7.19. The molecule has 1 aliphatic carbocycles. The number of rotatable bonds is 4. The molecule has 0 saturated heterocycles. The van der Waals surface area contributed by atoms with Crippen LogP contribution in [0.2, 0.25) is 5.02 Å². The van der Waals surface area contributed by atoms with Crippen LogP contribution in [0.25, 0.3) is 11.0 Å². The number of benzene rings is 2. The van der Waals surface area contributed by atoms with Crippen LogP contribution in [0.5, 0.6) is 0 Å². The molecule has 0 unspecified atom stereocenters. The van der Waals surface area contributed by atoms with Gasteiger partial charge in [-0.1, -0.05) is 36.9 Å². The quantitative estimate of drug-likeness (QED) is 0.619. The van der Waals surface area contributed by atoms with Crippen molar-refractivity contribution in [3.05, 3.63) is 57.5 Å². The first-order valence-corrected chi connectivity index (χ1v) is 11.1. The Morgan fingerprint density at radius 1 is 1.07 bits per heavy atom. The van der Waals surface area contributed by atoms with E-state index in [1.807, 2.05) is 12.1 Å². The first-order chi connectivity index (χ1) is 13.9. The molecule has 0 spiro atoms. The molecule has 1 aliphatic rings. The molecule has 4 rings (SSSR count). The summed E-state index contributed by atoms with van der Waals surface area (Å²) in [5, 5.41) is 4.10. The fraction of sp³-hybridized carbons (Fsp3) is 0.364. The number of anilines is 1. The highest BCUT2D eigenvalue weighted by molar-refractivity contribution is 8.00. The van der Waals surface area contributed by atoms with E-state index >= 15 is 0 Å². The molecule has 1 saturated carbocycles. The molecule has 0 radical (unpaired) electrons. The Morgan fingerprint density at radius 2 is 1.76 bits per heavy atom. The predicted octanol–water partition coefficient (Wildman–Crippen LogP) is 5.21. The second kappa shape index (κ2) is 8.28. The van der Waals surface area contributed by atoms with Crippen molar-refractivity contribution in [2.24, 2.45) is 14.1 Å². The summed E-state index contributed by atoms with van der Waals surface area (Å²) in [6.07, 6.45) is 6.14. The number of aryl methyl sites for hydroxylation is 2. The summed E-state index contributed by atoms with van der Waals surface area (Å²) in [4.78, 5) is 26.3. The van der Waals surface area contributed by atoms with E-state index in [1.165, 1.54) is 32.1 Å². The third kappa shape index (κ3) is 4.09. The number of carbonyl (C=O) groups is 1. The van der Waals surface area contributed by atoms with E-state index in [-0.39, 0.29) is 11.6 Å². The van der Waals surface area contributed by atoms with Crippen molar-refractivity contribution < 1.29 is 4.79 Å². The molecule has 0 atom stereocenters. The van der Waals surface area contributed by atoms with Gasteiger partial charge in [0.05, 0.1) is 16.7 Å². The minimum absolute atomic E-state index is 0.0769. The summed E-state index contributed by atoms with van der Waals surface area (Å²) in [7, 11) is 3.53. The molecule has 1 N–H and O–H groups in total. The number of hydrogen-bond donors (Lipinski definition) is 1. The van der Waals surface area contributed by atoms with Crippen LogP contribution in [0, 0.1) is 0 Å². The highest BCUT2D eigenvalue weighted by atomic mass is 35.5. The molecule has 29 heavy (non-hydrogen) atoms. The lowest BCUT2D eigenvalue weighted by Gasteiger charge is -2.22. The minimum Gasteiger partial charge on any atom is -0.321 e. The van der Waals surface area contributed by atoms with E-state index in [0.717, 1.165) is 21.6 Å². The van der Waals surface area contributed by atoms with Crippen LogP contribution < -0.4 is 11.0 Å². The van der Waals surface area contributed by atoms with Gasteiger partial charge in [-0.05, 0) is 43.2 Å². The minimum atomic E-state index is -0.210. The maximum atomic E-state index is 12.9. The van der Waals surface area contributed by atoms with Gasteiger partial charge in [-0.3, -0.25) is 13.9 Å². The van der Waals surface area contributed by atoms with Gasteiger partial charge in [-0.2, -0.15) is 0 Å². The molecule has 1 amide bonds. The normalized spacial score (nSPS) is 15.0. The van der Waals surface area contributed by atoms with Crippen LogP contribution >= 0.6 is 23.4 Å². The van der Waals surface area contributed by atoms with Gasteiger partial charge in [0.15, 0.2) is 0 Å². The molecule has 2 aromatic carbocycles. The summed E-state index contributed by atoms with van der Waals surface area (Å²) in [5.41, 5.74) is 2.84. The van der Waals surface area contributed by atoms with Gasteiger partial charge in [-0.25, -0.2) is 4.79 Å². The van der Waals surface area contributed by atoms with Crippen LogP contribution in [0.15, 0.2) is 46.1 Å². The molecule has 3 aromatic rings. The second-order valence-electron chi connectivity index (χ2n) is 7.58. The predicted molar refractivity (Wildman–Crippen MR) is 120 cm³/mol. The Bertz CT molecular complexity index is 1130. The average Bonchev–Trinajstić information content (AvgIpc) is 2.93. The van der Waals surface area contributed by atoms with Gasteiger partial charge in [0.1, 0.15) is 0 Å². The van der Waals surface area contributed by atoms with Gasteiger partial charge in [0, 0.05) is 34.8 Å². The lowest BCUT2D eigenvalue weighted by Crippen LogP contribution is -2.19. The van der Waals surface area contributed by atoms with Crippen molar-refractivity contribution in [2.45, 2.75) is 42.2 Å². The van der Waals surface area contributed by atoms with Crippen LogP contribution in [-0.4, -0.2) is 20.3 Å². The summed E-state index contributed by atoms with van der Waals surface area (Å²) >= 11 is 7.85. The van der Waals surface area contributed by atoms with Gasteiger partial charge in [-0.15, -0.1) is 11.8 Å². The molecule has 1 heterocycles. The molecular weight excluding hydrogens is 406 g/mol. The number of amides is 1. The van der Waals surface area contributed by atoms with E-state index in [4.69, 9.17) is 11.6 Å². The fourth-order valence-electron chi connectivity index (χ4n) is 3.91. The van der Waals surface area contributed by atoms with Crippen LogP contribution in [0.1, 0.15) is 42.5 Å². The highest BCUT2D eigenvalue weighted by Crippen LogP contribution is 2.39. The zero-order valence-electron chi connectivity index (χ0n) is 16.6. The number of carbonyl (C=O) groups excluding carboxylic acids is 1. The molecule has 1 aromatic heterocycles. The van der Waals surface area contributed by atoms with E-state index in [1.54, 1.807) is 59.3 Å². The Morgan fingerprint density at radius 3 is 2.45 bits per heavy atom. The molecule has 0 aliphatic heterocycles. The van der Waals surface area contributed by atoms with Gasteiger partial charge in [0.25, 0.3) is 5.91 Å². The average molecular weight is 430 g/mol. The lowest BCUT2D eigenvalue weighted by atomic mass is 10.0. The third-order valence-electron chi connectivity index (χ3n) is 5.55. The number of nitrogens with zero attached hydrogens (tertiary/aromatic N) is 2. The molecule has 5 nitrogen and oxygen atoms in total. The topological polar surface area (TPSA) is 56.0 Å². The zero-order valence-corrected chi connectivity index (χ0v) is 18.1. The van der Waals surface area contributed by atoms with E-state index in [9.17, 15) is 9.59 Å². The monoisotopic (exact) mass is 429 g/mol. The van der Waals surface area contributed by atoms with Gasteiger partial charge >= 0.3 is 5.69 Å². The summed E-state index contributed by atoms with van der Waals surface area (Å²) in [5.74, 6) is -0.210. The largest absolute Gasteiger partial charge is 0.328 e. The Hall–Kier alpha value is -2.18. The standard InChI is InChI=1S/C22H24ClN3O2S/c1-25-18-12-17(24-21(27)14-7-6-8-15(23)11-14)20(13-19(18)26(2)22(25)28)29-16-9-4-3-5-10-16/h6-8,11-13,16H,3-5,9-10H2,1-2H3,(H,24,27). The van der Waals surface area contributed by atoms with Crippen molar-refractivity contribution in [1.82, 2.24) is 9.13 Å². The Balaban J connectivity index is 1.74. The first-order valence-electron chi connectivity index (χ1n) is 9.87. The molecule has 0 bridgehead atoms. The van der Waals surface area contributed by atoms with Gasteiger partial charge < -0.3 is 5.32 Å². The number of nitrogens with one attached hydrogen (secondary N) is 1. The number of imidazole rings is 1. The number of aromatic nitrogens is 2. The van der Waals surface area contributed by atoms with E-state index < -0.39 is 0 Å². The lowest BCUT2D eigenvalue weighted by molar-refractivity contribution is 0.102. The van der Waals surface area contributed by atoms with Crippen molar-refractivity contribution in [3.8, 4) is 0 Å². The van der Waals surface area contributed by atoms with Crippen LogP contribution in [-0.2, 0) is 14.1 Å². The van der Waals surface area contributed by atoms with E-state index in [0.29, 0.717) is 15.8 Å². The maximum absolute atomic E-state index is 12.9. The highest BCUT2D eigenvalue weighted by Gasteiger charge is 2.20. The zero-order chi connectivity index (χ0) is 20.5. The fourth-order valence-corrected chi connectivity index (χ4v) is 5.44. The molecule has 152 valence electrons. The van der Waals surface area contributed by atoms with Crippen molar-refractivity contribution in [1.29, 1.82) is 0 Å². The number of halogens is 1. The molecule has 1 fully saturated rings. The van der Waals surface area contributed by atoms with Crippen molar-refractivity contribution in [2.75, 3.05) is 5.32 Å².